The van der Waals surface area contributed by atoms with Crippen molar-refractivity contribution in [1.29, 1.82) is 0 Å². The van der Waals surface area contributed by atoms with Crippen LogP contribution in [0.3, 0.4) is 0 Å². The van der Waals surface area contributed by atoms with Crippen LogP contribution in [-0.4, -0.2) is 21.4 Å². The lowest BCUT2D eigenvalue weighted by Crippen LogP contribution is -2.15. The van der Waals surface area contributed by atoms with Gasteiger partial charge in [0.1, 0.15) is 11.6 Å². The van der Waals surface area contributed by atoms with E-state index in [9.17, 15) is 4.79 Å². The summed E-state index contributed by atoms with van der Waals surface area (Å²) in [6.45, 7) is 1.97. The van der Waals surface area contributed by atoms with E-state index in [0.717, 1.165) is 29.7 Å². The second kappa shape index (κ2) is 5.97. The molecule has 4 nitrogen and oxygen atoms in total. The standard InChI is InChI=1S/C15H21N3O/c1-11(16)6-5-7-12(19)10-15-17-13-8-3-4-9-14(13)18(15)2/h3-4,8-9,11H,5-7,10,16H2,1-2H3. The maximum Gasteiger partial charge on any atom is 0.140 e. The molecule has 0 saturated carbocycles. The average Bonchev–Trinajstić information content (AvgIpc) is 2.66. The van der Waals surface area contributed by atoms with Gasteiger partial charge in [-0.2, -0.15) is 0 Å². The van der Waals surface area contributed by atoms with Gasteiger partial charge in [-0.1, -0.05) is 12.1 Å². The molecule has 1 aromatic carbocycles. The number of para-hydroxylation sites is 2. The third-order valence-electron chi connectivity index (χ3n) is 3.35. The molecule has 0 aliphatic rings. The third kappa shape index (κ3) is 3.41. The zero-order valence-corrected chi connectivity index (χ0v) is 11.6. The number of fused-ring (bicyclic) bond motifs is 1. The van der Waals surface area contributed by atoms with Crippen molar-refractivity contribution in [3.8, 4) is 0 Å². The Kier molecular flexibility index (Phi) is 4.32. The Hall–Kier alpha value is -1.68. The largest absolute Gasteiger partial charge is 0.331 e. The highest BCUT2D eigenvalue weighted by Crippen LogP contribution is 2.15. The molecule has 2 N–H and O–H groups in total. The van der Waals surface area contributed by atoms with Gasteiger partial charge < -0.3 is 10.3 Å². The molecule has 0 aliphatic carbocycles. The zero-order chi connectivity index (χ0) is 13.8. The van der Waals surface area contributed by atoms with Gasteiger partial charge in [0.2, 0.25) is 0 Å². The Morgan fingerprint density at radius 1 is 1.42 bits per heavy atom. The number of nitrogens with two attached hydrogens (primary N) is 1. The maximum atomic E-state index is 11.9. The summed E-state index contributed by atoms with van der Waals surface area (Å²) in [5, 5.41) is 0. The number of benzene rings is 1. The molecular weight excluding hydrogens is 238 g/mol. The van der Waals surface area contributed by atoms with Crippen LogP contribution in [0.2, 0.25) is 0 Å². The summed E-state index contributed by atoms with van der Waals surface area (Å²) in [6, 6.07) is 8.11. The van der Waals surface area contributed by atoms with E-state index in [-0.39, 0.29) is 11.8 Å². The SMILES string of the molecule is CC(N)CCCC(=O)Cc1nc2ccccc2n1C. The van der Waals surface area contributed by atoms with Crippen LogP contribution in [-0.2, 0) is 18.3 Å². The first kappa shape index (κ1) is 13.7. The number of hydrogen-bond acceptors (Lipinski definition) is 3. The third-order valence-corrected chi connectivity index (χ3v) is 3.35. The van der Waals surface area contributed by atoms with E-state index in [1.807, 2.05) is 42.8 Å². The van der Waals surface area contributed by atoms with Crippen molar-refractivity contribution in [2.24, 2.45) is 12.8 Å². The topological polar surface area (TPSA) is 60.9 Å². The molecule has 19 heavy (non-hydrogen) atoms. The smallest absolute Gasteiger partial charge is 0.140 e. The van der Waals surface area contributed by atoms with Crippen molar-refractivity contribution in [3.05, 3.63) is 30.1 Å². The van der Waals surface area contributed by atoms with Gasteiger partial charge in [-0.05, 0) is 31.9 Å². The molecular formula is C15H21N3O. The fourth-order valence-corrected chi connectivity index (χ4v) is 2.24. The second-order valence-electron chi connectivity index (χ2n) is 5.16. The highest BCUT2D eigenvalue weighted by molar-refractivity contribution is 5.82. The van der Waals surface area contributed by atoms with Crippen LogP contribution in [0.1, 0.15) is 32.0 Å². The summed E-state index contributed by atoms with van der Waals surface area (Å²) in [4.78, 5) is 16.4. The highest BCUT2D eigenvalue weighted by atomic mass is 16.1. The Balaban J connectivity index is 2.01. The van der Waals surface area contributed by atoms with Crippen LogP contribution in [0, 0.1) is 0 Å². The van der Waals surface area contributed by atoms with Gasteiger partial charge >= 0.3 is 0 Å². The molecule has 0 aliphatic heterocycles. The van der Waals surface area contributed by atoms with Gasteiger partial charge in [-0.15, -0.1) is 0 Å². The number of hydrogen-bond donors (Lipinski definition) is 1. The summed E-state index contributed by atoms with van der Waals surface area (Å²) < 4.78 is 2.00. The zero-order valence-electron chi connectivity index (χ0n) is 11.6. The normalized spacial score (nSPS) is 12.8. The van der Waals surface area contributed by atoms with Crippen LogP contribution < -0.4 is 5.73 Å². The van der Waals surface area contributed by atoms with Gasteiger partial charge in [-0.25, -0.2) is 4.98 Å². The molecule has 0 spiro atoms. The quantitative estimate of drug-likeness (QED) is 0.865. The molecule has 2 aromatic rings. The lowest BCUT2D eigenvalue weighted by atomic mass is 10.1. The summed E-state index contributed by atoms with van der Waals surface area (Å²) in [5.41, 5.74) is 7.70. The molecule has 0 radical (unpaired) electrons. The van der Waals surface area contributed by atoms with Crippen LogP contribution in [0.4, 0.5) is 0 Å². The molecule has 4 heteroatoms. The van der Waals surface area contributed by atoms with Gasteiger partial charge in [-0.3, -0.25) is 4.79 Å². The molecule has 0 amide bonds. The van der Waals surface area contributed by atoms with Crippen LogP contribution in [0.5, 0.6) is 0 Å². The van der Waals surface area contributed by atoms with Gasteiger partial charge in [0.15, 0.2) is 0 Å². The Morgan fingerprint density at radius 2 is 2.16 bits per heavy atom. The summed E-state index contributed by atoms with van der Waals surface area (Å²) in [7, 11) is 1.96. The van der Waals surface area contributed by atoms with Crippen molar-refractivity contribution in [3.63, 3.8) is 0 Å². The molecule has 1 atom stereocenters. The predicted octanol–water partition coefficient (Wildman–Crippen LogP) is 2.20. The van der Waals surface area contributed by atoms with E-state index in [1.54, 1.807) is 0 Å². The molecule has 1 aromatic heterocycles. The number of aromatic nitrogens is 2. The highest BCUT2D eigenvalue weighted by Gasteiger charge is 2.11. The first-order valence-corrected chi connectivity index (χ1v) is 6.75. The number of carbonyl (C=O) groups excluding carboxylic acids is 1. The molecule has 0 saturated heterocycles. The molecule has 102 valence electrons. The minimum absolute atomic E-state index is 0.170. The summed E-state index contributed by atoms with van der Waals surface area (Å²) >= 11 is 0. The van der Waals surface area contributed by atoms with Crippen LogP contribution in [0.15, 0.2) is 24.3 Å². The van der Waals surface area contributed by atoms with E-state index in [4.69, 9.17) is 5.73 Å². The van der Waals surface area contributed by atoms with Crippen molar-refractivity contribution in [2.75, 3.05) is 0 Å². The summed E-state index contributed by atoms with van der Waals surface area (Å²) in [5.74, 6) is 1.08. The average molecular weight is 259 g/mol. The number of imidazole rings is 1. The summed E-state index contributed by atoms with van der Waals surface area (Å²) in [6.07, 6.45) is 2.75. The van der Waals surface area contributed by atoms with E-state index < -0.39 is 0 Å². The minimum atomic E-state index is 0.170. The van der Waals surface area contributed by atoms with E-state index in [0.29, 0.717) is 12.8 Å². The fourth-order valence-electron chi connectivity index (χ4n) is 2.24. The molecule has 1 heterocycles. The van der Waals surface area contributed by atoms with Crippen molar-refractivity contribution < 1.29 is 4.79 Å². The number of Topliss-reactive ketones (excluding diaryl/α,β-unsaturated/α-hetero) is 1. The Morgan fingerprint density at radius 3 is 2.84 bits per heavy atom. The van der Waals surface area contributed by atoms with E-state index >= 15 is 0 Å². The van der Waals surface area contributed by atoms with E-state index in [2.05, 4.69) is 4.98 Å². The van der Waals surface area contributed by atoms with Gasteiger partial charge in [0.05, 0.1) is 17.5 Å². The van der Waals surface area contributed by atoms with Gasteiger partial charge in [0.25, 0.3) is 0 Å². The van der Waals surface area contributed by atoms with Gasteiger partial charge in [0, 0.05) is 19.5 Å². The lowest BCUT2D eigenvalue weighted by molar-refractivity contribution is -0.118. The Labute approximate surface area is 113 Å². The lowest BCUT2D eigenvalue weighted by Gasteiger charge is -2.04. The maximum absolute atomic E-state index is 11.9. The Bertz CT molecular complexity index is 572. The predicted molar refractivity (Wildman–Crippen MR) is 76.9 cm³/mol. The van der Waals surface area contributed by atoms with Crippen LogP contribution >= 0.6 is 0 Å². The first-order chi connectivity index (χ1) is 9.08. The molecule has 2 rings (SSSR count). The van der Waals surface area contributed by atoms with Crippen molar-refractivity contribution in [1.82, 2.24) is 9.55 Å². The number of aryl methyl sites for hydroxylation is 1. The van der Waals surface area contributed by atoms with Crippen molar-refractivity contribution >= 4 is 16.8 Å². The van der Waals surface area contributed by atoms with Crippen LogP contribution in [0.25, 0.3) is 11.0 Å². The second-order valence-corrected chi connectivity index (χ2v) is 5.16. The van der Waals surface area contributed by atoms with Crippen molar-refractivity contribution in [2.45, 2.75) is 38.6 Å². The molecule has 1 unspecified atom stereocenters. The first-order valence-electron chi connectivity index (χ1n) is 6.75. The molecule has 0 bridgehead atoms. The number of ketones is 1. The minimum Gasteiger partial charge on any atom is -0.331 e. The number of carbonyl (C=O) groups is 1. The monoisotopic (exact) mass is 259 g/mol. The number of nitrogens with zero attached hydrogens (tertiary/aromatic N) is 2. The van der Waals surface area contributed by atoms with E-state index in [1.165, 1.54) is 0 Å². The molecule has 0 fully saturated rings. The fraction of sp³-hybridized carbons (Fsp3) is 0.467. The number of rotatable bonds is 6.